The van der Waals surface area contributed by atoms with Crippen molar-refractivity contribution >= 4 is 15.8 Å². The maximum atomic E-state index is 11.2. The molecule has 1 unspecified atom stereocenters. The molecule has 1 aliphatic heterocycles. The zero-order chi connectivity index (χ0) is 22.0. The molecule has 1 aromatic rings. The molecule has 2 heterocycles. The highest BCUT2D eigenvalue weighted by molar-refractivity contribution is 7.90. The maximum Gasteiger partial charge on any atom is 0.213 e. The van der Waals surface area contributed by atoms with Gasteiger partial charge in [-0.05, 0) is 57.5 Å². The van der Waals surface area contributed by atoms with Crippen LogP contribution in [0, 0.1) is 5.92 Å². The van der Waals surface area contributed by atoms with Gasteiger partial charge in [0.25, 0.3) is 0 Å². The van der Waals surface area contributed by atoms with Crippen molar-refractivity contribution < 1.29 is 13.2 Å². The van der Waals surface area contributed by atoms with Crippen molar-refractivity contribution in [1.29, 1.82) is 0 Å². The minimum Gasteiger partial charge on any atom is -0.470 e. The number of nitrogens with two attached hydrogens (primary N) is 2. The van der Waals surface area contributed by atoms with Gasteiger partial charge < -0.3 is 21.1 Å². The van der Waals surface area contributed by atoms with Gasteiger partial charge in [-0.2, -0.15) is 0 Å². The molecule has 9 heteroatoms. The van der Waals surface area contributed by atoms with Crippen molar-refractivity contribution in [2.75, 3.05) is 32.9 Å². The summed E-state index contributed by atoms with van der Waals surface area (Å²) in [4.78, 5) is 10.5. The fourth-order valence-electron chi connectivity index (χ4n) is 3.18. The summed E-state index contributed by atoms with van der Waals surface area (Å²) in [6, 6.07) is 3.07. The molecule has 0 bridgehead atoms. The molecule has 1 saturated heterocycles. The van der Waals surface area contributed by atoms with Crippen molar-refractivity contribution in [3.63, 3.8) is 0 Å². The van der Waals surface area contributed by atoms with Crippen molar-refractivity contribution in [3.8, 4) is 5.88 Å². The molecular formula is C21H33N5O3S. The number of pyridine rings is 1. The Kier molecular flexibility index (Phi) is 9.32. The molecule has 4 N–H and O–H groups in total. The number of rotatable bonds is 6. The number of hydrogen-bond acceptors (Lipinski definition) is 6. The maximum absolute atomic E-state index is 11.2. The molecular weight excluding hydrogens is 402 g/mol. The van der Waals surface area contributed by atoms with Crippen LogP contribution in [0.5, 0.6) is 5.88 Å². The molecule has 1 aliphatic carbocycles. The first kappa shape index (κ1) is 23.9. The van der Waals surface area contributed by atoms with E-state index in [4.69, 9.17) is 16.2 Å². The molecule has 1 aromatic heterocycles. The molecule has 8 nitrogen and oxygen atoms in total. The van der Waals surface area contributed by atoms with Crippen LogP contribution in [0.25, 0.3) is 0 Å². The summed E-state index contributed by atoms with van der Waals surface area (Å²) in [5.41, 5.74) is 10.5. The Morgan fingerprint density at radius 1 is 1.27 bits per heavy atom. The Morgan fingerprint density at radius 3 is 2.53 bits per heavy atom. The number of sulfone groups is 1. The van der Waals surface area contributed by atoms with Crippen LogP contribution in [0.4, 0.5) is 0 Å². The highest BCUT2D eigenvalue weighted by atomic mass is 32.2. The zero-order valence-electron chi connectivity index (χ0n) is 17.8. The summed E-state index contributed by atoms with van der Waals surface area (Å²) in [6.45, 7) is 3.22. The number of piperidine rings is 1. The number of guanidine groups is 1. The summed E-state index contributed by atoms with van der Waals surface area (Å²) in [5.74, 6) is 1.47. The van der Waals surface area contributed by atoms with E-state index in [2.05, 4.69) is 21.9 Å². The van der Waals surface area contributed by atoms with E-state index in [0.29, 0.717) is 5.88 Å². The van der Waals surface area contributed by atoms with E-state index in [-0.39, 0.29) is 17.0 Å². The van der Waals surface area contributed by atoms with Crippen molar-refractivity contribution in [2.24, 2.45) is 22.4 Å². The quantitative estimate of drug-likeness (QED) is 0.515. The summed E-state index contributed by atoms with van der Waals surface area (Å²) in [7, 11) is -1.02. The lowest BCUT2D eigenvalue weighted by atomic mass is 9.94. The average Bonchev–Trinajstić information content (AvgIpc) is 2.70. The summed E-state index contributed by atoms with van der Waals surface area (Å²) in [5, 5.41) is 0. The Labute approximate surface area is 179 Å². The standard InChI is InChI=1S/C12H13NO3S.C9H20N4/c1-17(14,15)11-7-8-12(13-9-11)16-10-5-3-2-4-6-10;1-13-6-3-8(4-7-13)2-5-12-9(10)11/h2-5,7-10H,6H2,1H3;8H,2-7H2,1H3,(H4,10,11,12). The Bertz CT molecular complexity index is 838. The minimum absolute atomic E-state index is 0.0309. The highest BCUT2D eigenvalue weighted by Gasteiger charge is 2.15. The van der Waals surface area contributed by atoms with Crippen LogP contribution in [0.1, 0.15) is 25.7 Å². The third kappa shape index (κ3) is 8.96. The van der Waals surface area contributed by atoms with Gasteiger partial charge in [0, 0.05) is 31.5 Å². The number of allylic oxidation sites excluding steroid dienone is 2. The van der Waals surface area contributed by atoms with Crippen LogP contribution in [0.15, 0.2) is 52.5 Å². The molecule has 2 aliphatic rings. The number of nitrogens with zero attached hydrogens (tertiary/aromatic N) is 3. The first-order chi connectivity index (χ1) is 14.2. The van der Waals surface area contributed by atoms with Crippen molar-refractivity contribution in [2.45, 2.75) is 36.7 Å². The van der Waals surface area contributed by atoms with Gasteiger partial charge in [-0.25, -0.2) is 13.4 Å². The van der Waals surface area contributed by atoms with E-state index in [1.807, 2.05) is 24.3 Å². The van der Waals surface area contributed by atoms with Crippen LogP contribution >= 0.6 is 0 Å². The summed E-state index contributed by atoms with van der Waals surface area (Å²) < 4.78 is 28.0. The average molecular weight is 436 g/mol. The SMILES string of the molecule is CN1CCC(CCN=C(N)N)CC1.CS(=O)(=O)c1ccc(OC2C=CC=CC2)nc1. The normalized spacial score (nSPS) is 19.6. The van der Waals surface area contributed by atoms with E-state index in [0.717, 1.165) is 31.6 Å². The lowest BCUT2D eigenvalue weighted by Crippen LogP contribution is -2.30. The number of aliphatic imine (C=N–C) groups is 1. The minimum atomic E-state index is -3.20. The third-order valence-corrected chi connectivity index (χ3v) is 6.12. The summed E-state index contributed by atoms with van der Waals surface area (Å²) >= 11 is 0. The zero-order valence-corrected chi connectivity index (χ0v) is 18.6. The van der Waals surface area contributed by atoms with E-state index < -0.39 is 9.84 Å². The lowest BCUT2D eigenvalue weighted by Gasteiger charge is -2.28. The van der Waals surface area contributed by atoms with Gasteiger partial charge in [-0.3, -0.25) is 4.99 Å². The van der Waals surface area contributed by atoms with Gasteiger partial charge in [-0.15, -0.1) is 0 Å². The fourth-order valence-corrected chi connectivity index (χ4v) is 3.74. The molecule has 1 atom stereocenters. The first-order valence-corrected chi connectivity index (χ1v) is 12.0. The second-order valence-corrected chi connectivity index (χ2v) is 9.67. The van der Waals surface area contributed by atoms with E-state index in [1.54, 1.807) is 6.07 Å². The van der Waals surface area contributed by atoms with Gasteiger partial charge in [0.15, 0.2) is 15.8 Å². The number of ether oxygens (including phenoxy) is 1. The summed E-state index contributed by atoms with van der Waals surface area (Å²) in [6.07, 6.45) is 14.8. The lowest BCUT2D eigenvalue weighted by molar-refractivity contribution is 0.214. The molecule has 1 fully saturated rings. The Balaban J connectivity index is 0.000000222. The van der Waals surface area contributed by atoms with Crippen LogP contribution < -0.4 is 16.2 Å². The number of hydrogen-bond donors (Lipinski definition) is 2. The van der Waals surface area contributed by atoms with Crippen molar-refractivity contribution in [1.82, 2.24) is 9.88 Å². The van der Waals surface area contributed by atoms with Gasteiger partial charge in [0.2, 0.25) is 5.88 Å². The third-order valence-electron chi connectivity index (χ3n) is 5.02. The highest BCUT2D eigenvalue weighted by Crippen LogP contribution is 2.19. The second-order valence-electron chi connectivity index (χ2n) is 7.65. The van der Waals surface area contributed by atoms with Crippen LogP contribution in [0.2, 0.25) is 0 Å². The van der Waals surface area contributed by atoms with Crippen LogP contribution in [-0.2, 0) is 9.84 Å². The number of likely N-dealkylation sites (tertiary alicyclic amines) is 1. The van der Waals surface area contributed by atoms with E-state index >= 15 is 0 Å². The smallest absolute Gasteiger partial charge is 0.213 e. The van der Waals surface area contributed by atoms with E-state index in [9.17, 15) is 8.42 Å². The number of aromatic nitrogens is 1. The molecule has 0 amide bonds. The molecule has 3 rings (SSSR count). The Hall–Kier alpha value is -2.39. The van der Waals surface area contributed by atoms with E-state index in [1.165, 1.54) is 38.2 Å². The molecule has 0 saturated carbocycles. The fraction of sp³-hybridized carbons (Fsp3) is 0.524. The molecule has 0 radical (unpaired) electrons. The van der Waals surface area contributed by atoms with Gasteiger partial charge in [0.1, 0.15) is 6.10 Å². The molecule has 30 heavy (non-hydrogen) atoms. The second kappa shape index (κ2) is 11.7. The van der Waals surface area contributed by atoms with Crippen LogP contribution in [-0.4, -0.2) is 63.3 Å². The van der Waals surface area contributed by atoms with Gasteiger partial charge in [0.05, 0.1) is 4.90 Å². The van der Waals surface area contributed by atoms with Crippen LogP contribution in [0.3, 0.4) is 0 Å². The predicted octanol–water partition coefficient (Wildman–Crippen LogP) is 1.74. The van der Waals surface area contributed by atoms with Gasteiger partial charge in [-0.1, -0.05) is 18.2 Å². The Morgan fingerprint density at radius 2 is 2.00 bits per heavy atom. The molecule has 166 valence electrons. The van der Waals surface area contributed by atoms with Crippen molar-refractivity contribution in [3.05, 3.63) is 42.6 Å². The molecule has 0 aromatic carbocycles. The predicted molar refractivity (Wildman–Crippen MR) is 120 cm³/mol. The first-order valence-electron chi connectivity index (χ1n) is 10.1. The topological polar surface area (TPSA) is 124 Å². The largest absolute Gasteiger partial charge is 0.470 e. The van der Waals surface area contributed by atoms with Gasteiger partial charge >= 0.3 is 0 Å². The molecule has 0 spiro atoms. The monoisotopic (exact) mass is 435 g/mol.